The van der Waals surface area contributed by atoms with Crippen molar-refractivity contribution in [3.05, 3.63) is 70.9 Å². The number of rotatable bonds is 3. The molecule has 0 unspecified atom stereocenters. The van der Waals surface area contributed by atoms with E-state index >= 15 is 0 Å². The summed E-state index contributed by atoms with van der Waals surface area (Å²) in [5.41, 5.74) is 2.13. The first kappa shape index (κ1) is 17.9. The Bertz CT molecular complexity index is 1070. The van der Waals surface area contributed by atoms with Gasteiger partial charge in [0.2, 0.25) is 0 Å². The van der Waals surface area contributed by atoms with Crippen LogP contribution in [0.3, 0.4) is 0 Å². The minimum Gasteiger partial charge on any atom is -0.492 e. The van der Waals surface area contributed by atoms with Crippen LogP contribution in [0.5, 0.6) is 5.75 Å². The third kappa shape index (κ3) is 3.63. The maximum atomic E-state index is 12.4. The van der Waals surface area contributed by atoms with E-state index in [1.807, 2.05) is 18.2 Å². The zero-order valence-electron chi connectivity index (χ0n) is 14.7. The first-order valence-corrected chi connectivity index (χ1v) is 9.07. The fourth-order valence-corrected chi connectivity index (χ4v) is 3.34. The SMILES string of the molecule is N#Cc1cccc(-n2ccc(NC(=O)N[C@H]3CCOc4c(Cl)cccc43)n2)c1. The molecule has 0 spiro atoms. The third-order valence-corrected chi connectivity index (χ3v) is 4.70. The molecule has 1 aliphatic heterocycles. The van der Waals surface area contributed by atoms with E-state index in [9.17, 15) is 4.79 Å². The van der Waals surface area contributed by atoms with Crippen molar-refractivity contribution in [1.29, 1.82) is 5.26 Å². The number of hydrogen-bond acceptors (Lipinski definition) is 4. The molecule has 0 saturated carbocycles. The minimum atomic E-state index is -0.367. The Kier molecular flexibility index (Phi) is 4.87. The first-order valence-electron chi connectivity index (χ1n) is 8.69. The largest absolute Gasteiger partial charge is 0.492 e. The van der Waals surface area contributed by atoms with E-state index in [1.165, 1.54) is 0 Å². The van der Waals surface area contributed by atoms with Crippen LogP contribution in [-0.4, -0.2) is 22.4 Å². The Morgan fingerprint density at radius 3 is 3.00 bits per heavy atom. The Morgan fingerprint density at radius 2 is 2.14 bits per heavy atom. The van der Waals surface area contributed by atoms with Crippen molar-refractivity contribution in [2.24, 2.45) is 0 Å². The van der Waals surface area contributed by atoms with Crippen LogP contribution in [0.4, 0.5) is 10.6 Å². The van der Waals surface area contributed by atoms with Crippen LogP contribution in [0.1, 0.15) is 23.6 Å². The maximum absolute atomic E-state index is 12.4. The number of amides is 2. The second-order valence-electron chi connectivity index (χ2n) is 6.25. The Hall–Kier alpha value is -3.50. The van der Waals surface area contributed by atoms with Gasteiger partial charge in [-0.1, -0.05) is 29.8 Å². The molecule has 8 heteroatoms. The molecule has 1 atom stereocenters. The van der Waals surface area contributed by atoms with Crippen LogP contribution in [0.2, 0.25) is 5.02 Å². The molecule has 2 amide bonds. The van der Waals surface area contributed by atoms with Gasteiger partial charge in [-0.25, -0.2) is 9.48 Å². The molecule has 7 nitrogen and oxygen atoms in total. The molecule has 0 aliphatic carbocycles. The van der Waals surface area contributed by atoms with Gasteiger partial charge in [0.25, 0.3) is 0 Å². The smallest absolute Gasteiger partial charge is 0.320 e. The van der Waals surface area contributed by atoms with Gasteiger partial charge in [0.15, 0.2) is 5.82 Å². The van der Waals surface area contributed by atoms with E-state index < -0.39 is 0 Å². The standard InChI is InChI=1S/C20H16ClN5O2/c21-16-6-2-5-15-17(8-10-28-19(15)16)23-20(27)24-18-7-9-26(25-18)14-4-1-3-13(11-14)12-22/h1-7,9,11,17H,8,10H2,(H2,23,24,25,27)/t17-/m0/s1. The van der Waals surface area contributed by atoms with Gasteiger partial charge in [-0.15, -0.1) is 5.10 Å². The summed E-state index contributed by atoms with van der Waals surface area (Å²) in [6, 6.07) is 15.8. The van der Waals surface area contributed by atoms with Crippen LogP contribution in [0.15, 0.2) is 54.7 Å². The Morgan fingerprint density at radius 1 is 1.29 bits per heavy atom. The molecule has 2 aromatic carbocycles. The van der Waals surface area contributed by atoms with Gasteiger partial charge in [0, 0.05) is 24.2 Å². The highest BCUT2D eigenvalue weighted by Gasteiger charge is 2.24. The van der Waals surface area contributed by atoms with Crippen molar-refractivity contribution in [3.8, 4) is 17.5 Å². The summed E-state index contributed by atoms with van der Waals surface area (Å²) in [5, 5.41) is 19.6. The number of anilines is 1. The van der Waals surface area contributed by atoms with Crippen LogP contribution in [0, 0.1) is 11.3 Å². The monoisotopic (exact) mass is 393 g/mol. The van der Waals surface area contributed by atoms with Crippen molar-refractivity contribution < 1.29 is 9.53 Å². The highest BCUT2D eigenvalue weighted by atomic mass is 35.5. The first-order chi connectivity index (χ1) is 13.6. The van der Waals surface area contributed by atoms with Crippen molar-refractivity contribution in [3.63, 3.8) is 0 Å². The summed E-state index contributed by atoms with van der Waals surface area (Å²) in [7, 11) is 0. The van der Waals surface area contributed by atoms with Crippen LogP contribution < -0.4 is 15.4 Å². The van der Waals surface area contributed by atoms with E-state index in [2.05, 4.69) is 21.8 Å². The minimum absolute atomic E-state index is 0.197. The molecular formula is C20H16ClN5O2. The number of carbonyl (C=O) groups excluding carboxylic acids is 1. The number of hydrogen-bond donors (Lipinski definition) is 2. The number of aromatic nitrogens is 2. The molecule has 0 bridgehead atoms. The van der Waals surface area contributed by atoms with Gasteiger partial charge in [-0.05, 0) is 24.3 Å². The fourth-order valence-electron chi connectivity index (χ4n) is 3.10. The molecule has 3 aromatic rings. The van der Waals surface area contributed by atoms with Crippen molar-refractivity contribution in [1.82, 2.24) is 15.1 Å². The van der Waals surface area contributed by atoms with E-state index in [-0.39, 0.29) is 12.1 Å². The Labute approximate surface area is 166 Å². The Balaban J connectivity index is 1.45. The molecule has 2 N–H and O–H groups in total. The molecule has 0 saturated heterocycles. The predicted octanol–water partition coefficient (Wildman–Crippen LogP) is 4.04. The number of ether oxygens (including phenoxy) is 1. The molecule has 1 aromatic heterocycles. The molecule has 1 aliphatic rings. The number of nitrogens with one attached hydrogen (secondary N) is 2. The quantitative estimate of drug-likeness (QED) is 0.702. The summed E-state index contributed by atoms with van der Waals surface area (Å²) >= 11 is 6.17. The summed E-state index contributed by atoms with van der Waals surface area (Å²) in [6.45, 7) is 0.478. The third-order valence-electron chi connectivity index (χ3n) is 4.40. The van der Waals surface area contributed by atoms with E-state index in [4.69, 9.17) is 21.6 Å². The number of nitrogens with zero attached hydrogens (tertiary/aromatic N) is 3. The zero-order valence-corrected chi connectivity index (χ0v) is 15.5. The van der Waals surface area contributed by atoms with Gasteiger partial charge in [-0.3, -0.25) is 5.32 Å². The molecule has 0 fully saturated rings. The second-order valence-corrected chi connectivity index (χ2v) is 6.66. The summed E-state index contributed by atoms with van der Waals surface area (Å²) < 4.78 is 7.21. The number of urea groups is 1. The number of para-hydroxylation sites is 1. The average Bonchev–Trinajstić information content (AvgIpc) is 3.17. The lowest BCUT2D eigenvalue weighted by Gasteiger charge is -2.27. The fraction of sp³-hybridized carbons (Fsp3) is 0.150. The molecule has 2 heterocycles. The maximum Gasteiger partial charge on any atom is 0.320 e. The zero-order chi connectivity index (χ0) is 19.5. The lowest BCUT2D eigenvalue weighted by atomic mass is 10.0. The van der Waals surface area contributed by atoms with E-state index in [0.29, 0.717) is 35.2 Å². The van der Waals surface area contributed by atoms with Gasteiger partial charge in [-0.2, -0.15) is 5.26 Å². The normalized spacial score (nSPS) is 15.1. The summed E-state index contributed by atoms with van der Waals surface area (Å²) in [5.74, 6) is 1.01. The van der Waals surface area contributed by atoms with Crippen LogP contribution in [-0.2, 0) is 0 Å². The number of benzene rings is 2. The van der Waals surface area contributed by atoms with Gasteiger partial charge >= 0.3 is 6.03 Å². The number of halogens is 1. The number of carbonyl (C=O) groups is 1. The van der Waals surface area contributed by atoms with Gasteiger partial charge < -0.3 is 10.1 Å². The van der Waals surface area contributed by atoms with Gasteiger partial charge in [0.05, 0.1) is 35.0 Å². The van der Waals surface area contributed by atoms with Crippen molar-refractivity contribution in [2.75, 3.05) is 11.9 Å². The lowest BCUT2D eigenvalue weighted by Crippen LogP contribution is -2.35. The van der Waals surface area contributed by atoms with Crippen LogP contribution in [0.25, 0.3) is 5.69 Å². The van der Waals surface area contributed by atoms with E-state index in [0.717, 1.165) is 11.3 Å². The highest BCUT2D eigenvalue weighted by molar-refractivity contribution is 6.32. The number of nitriles is 1. The molecule has 28 heavy (non-hydrogen) atoms. The molecular weight excluding hydrogens is 378 g/mol. The van der Waals surface area contributed by atoms with Crippen LogP contribution >= 0.6 is 11.6 Å². The molecule has 140 valence electrons. The summed E-state index contributed by atoms with van der Waals surface area (Å²) in [4.78, 5) is 12.4. The second kappa shape index (κ2) is 7.62. The lowest BCUT2D eigenvalue weighted by molar-refractivity contribution is 0.232. The highest BCUT2D eigenvalue weighted by Crippen LogP contribution is 2.37. The van der Waals surface area contributed by atoms with Crippen molar-refractivity contribution >= 4 is 23.4 Å². The average molecular weight is 394 g/mol. The van der Waals surface area contributed by atoms with E-state index in [1.54, 1.807) is 41.2 Å². The summed E-state index contributed by atoms with van der Waals surface area (Å²) in [6.07, 6.45) is 2.37. The van der Waals surface area contributed by atoms with Crippen molar-refractivity contribution in [2.45, 2.75) is 12.5 Å². The van der Waals surface area contributed by atoms with Gasteiger partial charge in [0.1, 0.15) is 5.75 Å². The molecule has 4 rings (SSSR count). The molecule has 0 radical (unpaired) electrons. The number of fused-ring (bicyclic) bond motifs is 1. The topological polar surface area (TPSA) is 92.0 Å². The predicted molar refractivity (Wildman–Crippen MR) is 105 cm³/mol.